The quantitative estimate of drug-likeness (QED) is 0.928. The molecule has 0 spiro atoms. The van der Waals surface area contributed by atoms with E-state index in [4.69, 9.17) is 28.3 Å². The molecule has 0 bridgehead atoms. The minimum atomic E-state index is -0.895. The van der Waals surface area contributed by atoms with E-state index in [-0.39, 0.29) is 0 Å². The summed E-state index contributed by atoms with van der Waals surface area (Å²) in [5.74, 6) is -0.895. The molecule has 2 rings (SSSR count). The molecule has 18 heavy (non-hydrogen) atoms. The molecule has 0 atom stereocenters. The molecule has 0 saturated carbocycles. The Balaban J connectivity index is 2.17. The number of rotatable bonds is 3. The van der Waals surface area contributed by atoms with Crippen LogP contribution in [0.5, 0.6) is 0 Å². The monoisotopic (exact) mass is 285 g/mol. The highest BCUT2D eigenvalue weighted by Crippen LogP contribution is 2.21. The summed E-state index contributed by atoms with van der Waals surface area (Å²) >= 11 is 11.4. The van der Waals surface area contributed by atoms with Crippen molar-refractivity contribution in [3.05, 3.63) is 45.5 Å². The lowest BCUT2D eigenvalue weighted by Gasteiger charge is -2.28. The van der Waals surface area contributed by atoms with Crippen LogP contribution in [0.2, 0.25) is 0 Å². The number of fused-ring (bicyclic) bond motifs is 1. The van der Waals surface area contributed by atoms with Crippen molar-refractivity contribution in [2.45, 2.75) is 13.0 Å². The van der Waals surface area contributed by atoms with Crippen molar-refractivity contribution in [3.63, 3.8) is 0 Å². The Hall–Kier alpha value is -1.03. The van der Waals surface area contributed by atoms with Gasteiger partial charge >= 0.3 is 5.97 Å². The summed E-state index contributed by atoms with van der Waals surface area (Å²) in [5.41, 5.74) is 3.96. The minimum Gasteiger partial charge on any atom is -0.478 e. The number of carboxylic acids is 1. The second kappa shape index (κ2) is 5.74. The van der Waals surface area contributed by atoms with Gasteiger partial charge in [-0.2, -0.15) is 0 Å². The number of benzene rings is 1. The zero-order valence-corrected chi connectivity index (χ0v) is 11.2. The molecule has 1 aliphatic heterocycles. The zero-order valence-electron chi connectivity index (χ0n) is 9.70. The highest BCUT2D eigenvalue weighted by atomic mass is 35.5. The fourth-order valence-corrected chi connectivity index (χ4v) is 2.37. The third-order valence-electron chi connectivity index (χ3n) is 3.04. The van der Waals surface area contributed by atoms with Crippen LogP contribution in [0.1, 0.15) is 21.5 Å². The van der Waals surface area contributed by atoms with Crippen LogP contribution in [-0.2, 0) is 13.0 Å². The van der Waals surface area contributed by atoms with E-state index in [1.165, 1.54) is 11.1 Å². The van der Waals surface area contributed by atoms with Crippen LogP contribution < -0.4 is 0 Å². The number of aromatic carboxylic acids is 1. The van der Waals surface area contributed by atoms with E-state index in [2.05, 4.69) is 4.90 Å². The molecule has 0 fully saturated rings. The molecule has 1 aliphatic rings. The second-order valence-corrected chi connectivity index (χ2v) is 5.01. The standard InChI is InChI=1S/C13H13Cl2NO2/c14-6-12(15)8-16-4-3-9-1-2-10(13(17)18)5-11(9)7-16/h1-2,5-6H,3-4,7-8H2,(H,17,18)/b12-6-. The van der Waals surface area contributed by atoms with Gasteiger partial charge in [0, 0.05) is 30.2 Å². The molecule has 0 unspecified atom stereocenters. The molecular weight excluding hydrogens is 273 g/mol. The van der Waals surface area contributed by atoms with Crippen molar-refractivity contribution in [3.8, 4) is 0 Å². The fraction of sp³-hybridized carbons (Fsp3) is 0.308. The first-order chi connectivity index (χ1) is 8.60. The van der Waals surface area contributed by atoms with Gasteiger partial charge in [0.05, 0.1) is 5.56 Å². The molecule has 96 valence electrons. The van der Waals surface area contributed by atoms with E-state index < -0.39 is 5.97 Å². The van der Waals surface area contributed by atoms with E-state index in [0.717, 1.165) is 18.5 Å². The Kier molecular flexibility index (Phi) is 4.27. The average molecular weight is 286 g/mol. The zero-order chi connectivity index (χ0) is 13.1. The Labute approximate surface area is 116 Å². The van der Waals surface area contributed by atoms with Gasteiger partial charge in [0.15, 0.2) is 0 Å². The summed E-state index contributed by atoms with van der Waals surface area (Å²) in [6, 6.07) is 5.29. The largest absolute Gasteiger partial charge is 0.478 e. The Morgan fingerprint density at radius 1 is 1.44 bits per heavy atom. The number of nitrogens with zero attached hydrogens (tertiary/aromatic N) is 1. The van der Waals surface area contributed by atoms with Crippen LogP contribution in [0, 0.1) is 0 Å². The maximum absolute atomic E-state index is 10.9. The van der Waals surface area contributed by atoms with Gasteiger partial charge in [-0.3, -0.25) is 4.90 Å². The third kappa shape index (κ3) is 3.05. The predicted octanol–water partition coefficient (Wildman–Crippen LogP) is 3.06. The summed E-state index contributed by atoms with van der Waals surface area (Å²) < 4.78 is 0. The summed E-state index contributed by atoms with van der Waals surface area (Å²) in [7, 11) is 0. The van der Waals surface area contributed by atoms with Gasteiger partial charge in [0.2, 0.25) is 0 Å². The Morgan fingerprint density at radius 2 is 2.22 bits per heavy atom. The summed E-state index contributed by atoms with van der Waals surface area (Å²) in [5, 5.41) is 9.57. The van der Waals surface area contributed by atoms with Gasteiger partial charge in [0.25, 0.3) is 0 Å². The minimum absolute atomic E-state index is 0.328. The van der Waals surface area contributed by atoms with Gasteiger partial charge in [-0.25, -0.2) is 4.79 Å². The third-order valence-corrected chi connectivity index (χ3v) is 3.64. The molecule has 0 saturated heterocycles. The maximum Gasteiger partial charge on any atom is 0.335 e. The van der Waals surface area contributed by atoms with Crippen LogP contribution >= 0.6 is 23.2 Å². The Bertz CT molecular complexity index is 500. The molecule has 0 aromatic heterocycles. The average Bonchev–Trinajstić information content (AvgIpc) is 2.37. The second-order valence-electron chi connectivity index (χ2n) is 4.31. The molecule has 0 aliphatic carbocycles. The molecule has 1 aromatic carbocycles. The smallest absolute Gasteiger partial charge is 0.335 e. The molecule has 3 nitrogen and oxygen atoms in total. The topological polar surface area (TPSA) is 40.5 Å². The number of hydrogen-bond donors (Lipinski definition) is 1. The first-order valence-electron chi connectivity index (χ1n) is 5.62. The summed E-state index contributed by atoms with van der Waals surface area (Å²) in [6.45, 7) is 2.21. The maximum atomic E-state index is 10.9. The first-order valence-corrected chi connectivity index (χ1v) is 6.44. The molecule has 1 N–H and O–H groups in total. The van der Waals surface area contributed by atoms with Crippen molar-refractivity contribution < 1.29 is 9.90 Å². The molecule has 5 heteroatoms. The first kappa shape index (κ1) is 13.4. The number of carbonyl (C=O) groups is 1. The van der Waals surface area contributed by atoms with Crippen molar-refractivity contribution >= 4 is 29.2 Å². The normalized spacial score (nSPS) is 16.4. The molecule has 1 aromatic rings. The van der Waals surface area contributed by atoms with Crippen molar-refractivity contribution in [2.75, 3.05) is 13.1 Å². The van der Waals surface area contributed by atoms with Crippen molar-refractivity contribution in [2.24, 2.45) is 0 Å². The number of hydrogen-bond acceptors (Lipinski definition) is 2. The van der Waals surface area contributed by atoms with Gasteiger partial charge in [-0.05, 0) is 29.7 Å². The predicted molar refractivity (Wildman–Crippen MR) is 72.2 cm³/mol. The van der Waals surface area contributed by atoms with Crippen LogP contribution in [0.3, 0.4) is 0 Å². The molecule has 1 heterocycles. The lowest BCUT2D eigenvalue weighted by Crippen LogP contribution is -2.31. The number of carboxylic acid groups (broad SMARTS) is 1. The molecule has 0 radical (unpaired) electrons. The van der Waals surface area contributed by atoms with Gasteiger partial charge in [-0.1, -0.05) is 29.3 Å². The highest BCUT2D eigenvalue weighted by Gasteiger charge is 2.18. The van der Waals surface area contributed by atoms with Gasteiger partial charge in [0.1, 0.15) is 0 Å². The van der Waals surface area contributed by atoms with E-state index in [1.54, 1.807) is 12.1 Å². The van der Waals surface area contributed by atoms with E-state index >= 15 is 0 Å². The van der Waals surface area contributed by atoms with Gasteiger partial charge < -0.3 is 5.11 Å². The van der Waals surface area contributed by atoms with Crippen molar-refractivity contribution in [1.29, 1.82) is 0 Å². The van der Waals surface area contributed by atoms with Gasteiger partial charge in [-0.15, -0.1) is 0 Å². The van der Waals surface area contributed by atoms with E-state index in [1.807, 2.05) is 6.07 Å². The van der Waals surface area contributed by atoms with Crippen LogP contribution in [0.15, 0.2) is 28.8 Å². The van der Waals surface area contributed by atoms with E-state index in [9.17, 15) is 4.79 Å². The summed E-state index contributed by atoms with van der Waals surface area (Å²) in [6.07, 6.45) is 0.904. The van der Waals surface area contributed by atoms with Crippen LogP contribution in [0.4, 0.5) is 0 Å². The molecule has 0 amide bonds. The van der Waals surface area contributed by atoms with Crippen LogP contribution in [0.25, 0.3) is 0 Å². The van der Waals surface area contributed by atoms with Crippen molar-refractivity contribution in [1.82, 2.24) is 4.90 Å². The van der Waals surface area contributed by atoms with E-state index in [0.29, 0.717) is 23.7 Å². The lowest BCUT2D eigenvalue weighted by atomic mass is 9.97. The summed E-state index contributed by atoms with van der Waals surface area (Å²) in [4.78, 5) is 13.1. The molecular formula is C13H13Cl2NO2. The Morgan fingerprint density at radius 3 is 2.89 bits per heavy atom. The SMILES string of the molecule is O=C(O)c1ccc2c(c1)CN(C/C(Cl)=C/Cl)CC2. The number of halogens is 2. The van der Waals surface area contributed by atoms with Crippen LogP contribution in [-0.4, -0.2) is 29.1 Å². The lowest BCUT2D eigenvalue weighted by molar-refractivity contribution is 0.0696. The highest BCUT2D eigenvalue weighted by molar-refractivity contribution is 6.36. The fourth-order valence-electron chi connectivity index (χ4n) is 2.13.